The average molecular weight is 257 g/mol. The van der Waals surface area contributed by atoms with Gasteiger partial charge in [0.15, 0.2) is 0 Å². The maximum atomic E-state index is 12.2. The molecule has 4 heteroatoms. The van der Waals surface area contributed by atoms with Gasteiger partial charge in [-0.25, -0.2) is 4.79 Å². The lowest BCUT2D eigenvalue weighted by molar-refractivity contribution is 0.186. The molecule has 0 bridgehead atoms. The molecule has 1 aliphatic heterocycles. The Morgan fingerprint density at radius 3 is 2.74 bits per heavy atom. The second-order valence-electron chi connectivity index (χ2n) is 5.21. The molecule has 1 N–H and O–H groups in total. The second kappa shape index (κ2) is 5.75. The van der Waals surface area contributed by atoms with E-state index in [-0.39, 0.29) is 6.03 Å². The number of hydrogen-bond donors (Lipinski definition) is 1. The Kier molecular flexibility index (Phi) is 4.06. The Morgan fingerprint density at radius 1 is 1.42 bits per heavy atom. The predicted molar refractivity (Wildman–Crippen MR) is 74.9 cm³/mol. The highest BCUT2D eigenvalue weighted by Gasteiger charge is 2.20. The van der Waals surface area contributed by atoms with Crippen molar-refractivity contribution in [3.8, 4) is 6.07 Å². The molecule has 0 unspecified atom stereocenters. The van der Waals surface area contributed by atoms with Crippen molar-refractivity contribution in [1.82, 2.24) is 4.90 Å². The van der Waals surface area contributed by atoms with Crippen molar-refractivity contribution in [2.45, 2.75) is 26.7 Å². The molecule has 1 aromatic rings. The number of amides is 2. The van der Waals surface area contributed by atoms with Crippen LogP contribution in [0.25, 0.3) is 0 Å². The number of carbonyl (C=O) groups is 1. The van der Waals surface area contributed by atoms with Gasteiger partial charge in [-0.05, 0) is 37.3 Å². The Balaban J connectivity index is 2.07. The topological polar surface area (TPSA) is 56.1 Å². The van der Waals surface area contributed by atoms with Crippen LogP contribution in [-0.2, 0) is 0 Å². The summed E-state index contributed by atoms with van der Waals surface area (Å²) < 4.78 is 0. The lowest BCUT2D eigenvalue weighted by atomic mass is 10.00. The SMILES string of the molecule is Cc1cccc(NC(=O)N2CCC(C)CC2)c1C#N. The van der Waals surface area contributed by atoms with Gasteiger partial charge in [-0.1, -0.05) is 19.1 Å². The Morgan fingerprint density at radius 2 is 2.11 bits per heavy atom. The van der Waals surface area contributed by atoms with Gasteiger partial charge in [0.05, 0.1) is 11.3 Å². The van der Waals surface area contributed by atoms with Crippen molar-refractivity contribution in [2.24, 2.45) is 5.92 Å². The molecule has 19 heavy (non-hydrogen) atoms. The molecule has 0 spiro atoms. The predicted octanol–water partition coefficient (Wildman–Crippen LogP) is 3.13. The minimum absolute atomic E-state index is 0.103. The van der Waals surface area contributed by atoms with E-state index in [2.05, 4.69) is 18.3 Å². The van der Waals surface area contributed by atoms with E-state index in [1.165, 1.54) is 0 Å². The van der Waals surface area contributed by atoms with E-state index < -0.39 is 0 Å². The zero-order valence-electron chi connectivity index (χ0n) is 11.4. The van der Waals surface area contributed by atoms with Gasteiger partial charge in [0.2, 0.25) is 0 Å². The number of nitrogens with zero attached hydrogens (tertiary/aromatic N) is 2. The second-order valence-corrected chi connectivity index (χ2v) is 5.21. The fourth-order valence-electron chi connectivity index (χ4n) is 2.33. The summed E-state index contributed by atoms with van der Waals surface area (Å²) in [6.07, 6.45) is 2.10. The van der Waals surface area contributed by atoms with Crippen LogP contribution in [0.4, 0.5) is 10.5 Å². The summed E-state index contributed by atoms with van der Waals surface area (Å²) in [6.45, 7) is 5.67. The summed E-state index contributed by atoms with van der Waals surface area (Å²) in [5, 5.41) is 12.0. The number of urea groups is 1. The number of hydrogen-bond acceptors (Lipinski definition) is 2. The molecule has 0 atom stereocenters. The molecule has 1 aliphatic rings. The highest BCUT2D eigenvalue weighted by atomic mass is 16.2. The summed E-state index contributed by atoms with van der Waals surface area (Å²) in [4.78, 5) is 14.0. The third-order valence-electron chi connectivity index (χ3n) is 3.70. The first-order valence-electron chi connectivity index (χ1n) is 6.67. The van der Waals surface area contributed by atoms with Crippen molar-refractivity contribution < 1.29 is 4.79 Å². The first-order valence-corrected chi connectivity index (χ1v) is 6.67. The fourth-order valence-corrected chi connectivity index (χ4v) is 2.33. The fraction of sp³-hybridized carbons (Fsp3) is 0.467. The highest BCUT2D eigenvalue weighted by Crippen LogP contribution is 2.21. The average Bonchev–Trinajstić information content (AvgIpc) is 2.39. The lowest BCUT2D eigenvalue weighted by Crippen LogP contribution is -2.40. The number of benzene rings is 1. The molecule has 2 rings (SSSR count). The Labute approximate surface area is 114 Å². The molecule has 1 saturated heterocycles. The maximum absolute atomic E-state index is 12.2. The van der Waals surface area contributed by atoms with E-state index in [0.717, 1.165) is 31.5 Å². The number of aryl methyl sites for hydroxylation is 1. The number of rotatable bonds is 1. The number of carbonyl (C=O) groups excluding carboxylic acids is 1. The van der Waals surface area contributed by atoms with Crippen molar-refractivity contribution in [3.63, 3.8) is 0 Å². The number of nitrogens with one attached hydrogen (secondary N) is 1. The third kappa shape index (κ3) is 3.05. The molecule has 0 radical (unpaired) electrons. The van der Waals surface area contributed by atoms with Crippen molar-refractivity contribution in [2.75, 3.05) is 18.4 Å². The monoisotopic (exact) mass is 257 g/mol. The van der Waals surface area contributed by atoms with Crippen LogP contribution in [0.15, 0.2) is 18.2 Å². The summed E-state index contributed by atoms with van der Waals surface area (Å²) in [7, 11) is 0. The Bertz CT molecular complexity index is 511. The van der Waals surface area contributed by atoms with E-state index in [1.54, 1.807) is 6.07 Å². The van der Waals surface area contributed by atoms with Gasteiger partial charge in [-0.2, -0.15) is 5.26 Å². The van der Waals surface area contributed by atoms with Crippen LogP contribution in [0.3, 0.4) is 0 Å². The van der Waals surface area contributed by atoms with Crippen LogP contribution in [0, 0.1) is 24.2 Å². The van der Waals surface area contributed by atoms with Crippen LogP contribution in [0.1, 0.15) is 30.9 Å². The standard InChI is InChI=1S/C15H19N3O/c1-11-6-8-18(9-7-11)15(19)17-14-5-3-4-12(2)13(14)10-16/h3-5,11H,6-9H2,1-2H3,(H,17,19). The van der Waals surface area contributed by atoms with Gasteiger partial charge < -0.3 is 10.2 Å². The molecule has 2 amide bonds. The zero-order chi connectivity index (χ0) is 13.8. The normalized spacial score (nSPS) is 15.9. The van der Waals surface area contributed by atoms with E-state index in [4.69, 9.17) is 5.26 Å². The van der Waals surface area contributed by atoms with E-state index in [1.807, 2.05) is 24.0 Å². The minimum Gasteiger partial charge on any atom is -0.325 e. The van der Waals surface area contributed by atoms with Gasteiger partial charge in [0.1, 0.15) is 6.07 Å². The zero-order valence-corrected chi connectivity index (χ0v) is 11.4. The van der Waals surface area contributed by atoms with Crippen molar-refractivity contribution in [1.29, 1.82) is 5.26 Å². The van der Waals surface area contributed by atoms with Gasteiger partial charge in [0.25, 0.3) is 0 Å². The molecular formula is C15H19N3O. The number of anilines is 1. The van der Waals surface area contributed by atoms with E-state index >= 15 is 0 Å². The van der Waals surface area contributed by atoms with E-state index in [9.17, 15) is 4.79 Å². The summed E-state index contributed by atoms with van der Waals surface area (Å²) in [5.41, 5.74) is 2.03. The van der Waals surface area contributed by atoms with Crippen LogP contribution in [0.5, 0.6) is 0 Å². The molecule has 0 saturated carbocycles. The van der Waals surface area contributed by atoms with Crippen LogP contribution in [0.2, 0.25) is 0 Å². The minimum atomic E-state index is -0.103. The smallest absolute Gasteiger partial charge is 0.321 e. The highest BCUT2D eigenvalue weighted by molar-refractivity contribution is 5.91. The van der Waals surface area contributed by atoms with Crippen molar-refractivity contribution in [3.05, 3.63) is 29.3 Å². The number of likely N-dealkylation sites (tertiary alicyclic amines) is 1. The maximum Gasteiger partial charge on any atom is 0.321 e. The summed E-state index contributed by atoms with van der Waals surface area (Å²) in [5.74, 6) is 0.692. The molecule has 1 fully saturated rings. The van der Waals surface area contributed by atoms with Gasteiger partial charge in [0, 0.05) is 13.1 Å². The van der Waals surface area contributed by atoms with Gasteiger partial charge >= 0.3 is 6.03 Å². The molecular weight excluding hydrogens is 238 g/mol. The van der Waals surface area contributed by atoms with Crippen molar-refractivity contribution >= 4 is 11.7 Å². The number of piperidine rings is 1. The molecule has 1 heterocycles. The molecule has 100 valence electrons. The quantitative estimate of drug-likeness (QED) is 0.840. The third-order valence-corrected chi connectivity index (χ3v) is 3.70. The first-order chi connectivity index (χ1) is 9.11. The first kappa shape index (κ1) is 13.4. The number of nitriles is 1. The molecule has 1 aromatic carbocycles. The molecule has 0 aromatic heterocycles. The van der Waals surface area contributed by atoms with Gasteiger partial charge in [-0.3, -0.25) is 0 Å². The largest absolute Gasteiger partial charge is 0.325 e. The van der Waals surface area contributed by atoms with Crippen LogP contribution < -0.4 is 5.32 Å². The van der Waals surface area contributed by atoms with Crippen LogP contribution in [-0.4, -0.2) is 24.0 Å². The van der Waals surface area contributed by atoms with Crippen LogP contribution >= 0.6 is 0 Å². The summed E-state index contributed by atoms with van der Waals surface area (Å²) >= 11 is 0. The molecule has 0 aliphatic carbocycles. The van der Waals surface area contributed by atoms with E-state index in [0.29, 0.717) is 17.2 Å². The summed E-state index contributed by atoms with van der Waals surface area (Å²) in [6, 6.07) is 7.54. The Hall–Kier alpha value is -2.02. The molecule has 4 nitrogen and oxygen atoms in total. The lowest BCUT2D eigenvalue weighted by Gasteiger charge is -2.30. The van der Waals surface area contributed by atoms with Gasteiger partial charge in [-0.15, -0.1) is 0 Å².